The maximum Gasteiger partial charge on any atom is 0.200 e. The number of benzene rings is 2. The second-order valence-electron chi connectivity index (χ2n) is 7.29. The van der Waals surface area contributed by atoms with Gasteiger partial charge in [-0.25, -0.2) is 18.4 Å². The molecule has 1 aliphatic carbocycles. The molecule has 0 N–H and O–H groups in total. The third kappa shape index (κ3) is 4.00. The standard InChI is InChI=1S/C22H21N3O2S2/c1-15-10-12-17(13-11-15)29(26,27)20(14-23)21-22(28-16-6-2-3-7-16)25-19-9-5-4-8-18(19)24-21/h4-5,8-13,16,20H,2-3,6-7H2,1H3/t20-/m0/s1. The smallest absolute Gasteiger partial charge is 0.200 e. The molecule has 1 heterocycles. The van der Waals surface area contributed by atoms with Crippen molar-refractivity contribution in [2.75, 3.05) is 0 Å². The number of nitrogens with zero attached hydrogens (tertiary/aromatic N) is 3. The van der Waals surface area contributed by atoms with E-state index in [0.29, 0.717) is 21.3 Å². The van der Waals surface area contributed by atoms with Crippen LogP contribution in [0.3, 0.4) is 0 Å². The number of hydrogen-bond acceptors (Lipinski definition) is 6. The highest BCUT2D eigenvalue weighted by Crippen LogP contribution is 2.39. The summed E-state index contributed by atoms with van der Waals surface area (Å²) in [6, 6.07) is 15.9. The predicted molar refractivity (Wildman–Crippen MR) is 114 cm³/mol. The molecule has 1 fully saturated rings. The number of nitriles is 1. The van der Waals surface area contributed by atoms with Crippen LogP contribution >= 0.6 is 11.8 Å². The average molecular weight is 424 g/mol. The summed E-state index contributed by atoms with van der Waals surface area (Å²) in [5, 5.41) is 9.42. The molecule has 1 aromatic heterocycles. The molecule has 3 aromatic rings. The number of aromatic nitrogens is 2. The van der Waals surface area contributed by atoms with Crippen LogP contribution < -0.4 is 0 Å². The van der Waals surface area contributed by atoms with E-state index in [2.05, 4.69) is 4.98 Å². The van der Waals surface area contributed by atoms with Crippen molar-refractivity contribution in [3.63, 3.8) is 0 Å². The minimum Gasteiger partial charge on any atom is -0.246 e. The van der Waals surface area contributed by atoms with Crippen LogP contribution in [0, 0.1) is 18.3 Å². The van der Waals surface area contributed by atoms with Gasteiger partial charge < -0.3 is 0 Å². The molecule has 2 aromatic carbocycles. The summed E-state index contributed by atoms with van der Waals surface area (Å²) in [6.07, 6.45) is 4.47. The fraction of sp³-hybridized carbons (Fsp3) is 0.318. The van der Waals surface area contributed by atoms with Crippen LogP contribution in [0.5, 0.6) is 0 Å². The molecule has 0 radical (unpaired) electrons. The zero-order chi connectivity index (χ0) is 20.4. The van der Waals surface area contributed by atoms with Crippen molar-refractivity contribution in [3.05, 3.63) is 59.8 Å². The highest BCUT2D eigenvalue weighted by Gasteiger charge is 2.34. The largest absolute Gasteiger partial charge is 0.246 e. The molecule has 0 amide bonds. The molecule has 5 nitrogen and oxygen atoms in total. The van der Waals surface area contributed by atoms with Crippen LogP contribution in [-0.4, -0.2) is 23.6 Å². The summed E-state index contributed by atoms with van der Waals surface area (Å²) >= 11 is 1.56. The van der Waals surface area contributed by atoms with Crippen molar-refractivity contribution in [2.45, 2.75) is 53.0 Å². The summed E-state index contributed by atoms with van der Waals surface area (Å²) in [4.78, 5) is 9.45. The number of para-hydroxylation sites is 2. The molecule has 0 bridgehead atoms. The maximum atomic E-state index is 13.3. The monoisotopic (exact) mass is 423 g/mol. The molecule has 0 saturated heterocycles. The second-order valence-corrected chi connectivity index (χ2v) is 10.6. The van der Waals surface area contributed by atoms with Crippen LogP contribution in [0.4, 0.5) is 0 Å². The number of sulfone groups is 1. The van der Waals surface area contributed by atoms with Crippen LogP contribution in [0.15, 0.2) is 58.5 Å². The third-order valence-electron chi connectivity index (χ3n) is 5.17. The van der Waals surface area contributed by atoms with E-state index in [1.165, 1.54) is 0 Å². The van der Waals surface area contributed by atoms with Crippen LogP contribution in [-0.2, 0) is 9.84 Å². The molecule has 4 rings (SSSR count). The zero-order valence-corrected chi connectivity index (χ0v) is 17.7. The number of thioether (sulfide) groups is 1. The van der Waals surface area contributed by atoms with E-state index in [1.807, 2.05) is 31.2 Å². The summed E-state index contributed by atoms with van der Waals surface area (Å²) in [7, 11) is -3.92. The van der Waals surface area contributed by atoms with Crippen LogP contribution in [0.25, 0.3) is 11.0 Å². The Morgan fingerprint density at radius 3 is 2.28 bits per heavy atom. The Morgan fingerprint density at radius 1 is 1.03 bits per heavy atom. The van der Waals surface area contributed by atoms with Gasteiger partial charge in [0.1, 0.15) is 10.7 Å². The van der Waals surface area contributed by atoms with Gasteiger partial charge in [0.25, 0.3) is 0 Å². The van der Waals surface area contributed by atoms with Crippen molar-refractivity contribution in [3.8, 4) is 6.07 Å². The SMILES string of the molecule is Cc1ccc(S(=O)(=O)[C@@H](C#N)c2nc3ccccc3nc2SC2CCCC2)cc1. The molecule has 1 aliphatic rings. The first-order valence-corrected chi connectivity index (χ1v) is 12.0. The minimum absolute atomic E-state index is 0.126. The van der Waals surface area contributed by atoms with Crippen molar-refractivity contribution >= 4 is 32.6 Å². The zero-order valence-electron chi connectivity index (χ0n) is 16.1. The quantitative estimate of drug-likeness (QED) is 0.573. The van der Waals surface area contributed by atoms with Crippen molar-refractivity contribution in [1.29, 1.82) is 5.26 Å². The summed E-state index contributed by atoms with van der Waals surface area (Å²) in [5.41, 5.74) is 2.50. The van der Waals surface area contributed by atoms with Crippen molar-refractivity contribution < 1.29 is 8.42 Å². The first-order valence-electron chi connectivity index (χ1n) is 9.62. The molecule has 1 atom stereocenters. The maximum absolute atomic E-state index is 13.3. The molecule has 148 valence electrons. The molecular formula is C22H21N3O2S2. The van der Waals surface area contributed by atoms with Gasteiger partial charge >= 0.3 is 0 Å². The molecule has 7 heteroatoms. The van der Waals surface area contributed by atoms with Gasteiger partial charge in [-0.2, -0.15) is 5.26 Å². The van der Waals surface area contributed by atoms with Crippen molar-refractivity contribution in [2.24, 2.45) is 0 Å². The summed E-state index contributed by atoms with van der Waals surface area (Å²) < 4.78 is 26.6. The number of fused-ring (bicyclic) bond motifs is 1. The lowest BCUT2D eigenvalue weighted by Crippen LogP contribution is -2.16. The molecule has 29 heavy (non-hydrogen) atoms. The van der Waals surface area contributed by atoms with E-state index in [1.54, 1.807) is 42.1 Å². The number of hydrogen-bond donors (Lipinski definition) is 0. The van der Waals surface area contributed by atoms with Gasteiger partial charge in [0.05, 0.1) is 22.0 Å². The first kappa shape index (κ1) is 19.9. The predicted octanol–water partition coefficient (Wildman–Crippen LogP) is 5.01. The fourth-order valence-corrected chi connectivity index (χ4v) is 6.34. The lowest BCUT2D eigenvalue weighted by Gasteiger charge is -2.17. The van der Waals surface area contributed by atoms with Gasteiger partial charge in [0, 0.05) is 5.25 Å². The lowest BCUT2D eigenvalue weighted by molar-refractivity contribution is 0.589. The van der Waals surface area contributed by atoms with Gasteiger partial charge in [-0.15, -0.1) is 11.8 Å². The summed E-state index contributed by atoms with van der Waals surface area (Å²) in [5.74, 6) is 0. The Labute approximate surface area is 175 Å². The molecular weight excluding hydrogens is 402 g/mol. The van der Waals surface area contributed by atoms with Crippen molar-refractivity contribution in [1.82, 2.24) is 9.97 Å². The van der Waals surface area contributed by atoms with Crippen LogP contribution in [0.1, 0.15) is 42.2 Å². The Bertz CT molecular complexity index is 1180. The Balaban J connectivity index is 1.84. The Hall–Kier alpha value is -2.43. The van der Waals surface area contributed by atoms with E-state index >= 15 is 0 Å². The van der Waals surface area contributed by atoms with E-state index in [9.17, 15) is 13.7 Å². The van der Waals surface area contributed by atoms with E-state index in [0.717, 1.165) is 31.2 Å². The fourth-order valence-electron chi connectivity index (χ4n) is 3.56. The minimum atomic E-state index is -3.92. The second kappa shape index (κ2) is 8.13. The molecule has 0 spiro atoms. The normalized spacial score (nSPS) is 16.0. The summed E-state index contributed by atoms with van der Waals surface area (Å²) in [6.45, 7) is 1.89. The van der Waals surface area contributed by atoms with Gasteiger partial charge in [0.15, 0.2) is 15.1 Å². The molecule has 1 saturated carbocycles. The van der Waals surface area contributed by atoms with E-state index < -0.39 is 15.1 Å². The Morgan fingerprint density at radius 2 is 1.66 bits per heavy atom. The van der Waals surface area contributed by atoms with E-state index in [4.69, 9.17) is 4.98 Å². The first-order chi connectivity index (χ1) is 14.0. The molecule has 0 unspecified atom stereocenters. The van der Waals surface area contributed by atoms with Gasteiger partial charge in [-0.05, 0) is 44.0 Å². The average Bonchev–Trinajstić information content (AvgIpc) is 3.22. The van der Waals surface area contributed by atoms with Crippen LogP contribution in [0.2, 0.25) is 0 Å². The highest BCUT2D eigenvalue weighted by molar-refractivity contribution is 8.00. The van der Waals surface area contributed by atoms with Gasteiger partial charge in [0.2, 0.25) is 0 Å². The third-order valence-corrected chi connectivity index (χ3v) is 8.38. The van der Waals surface area contributed by atoms with Gasteiger partial charge in [-0.1, -0.05) is 42.7 Å². The number of aryl methyl sites for hydroxylation is 1. The Kier molecular flexibility index (Phi) is 5.57. The lowest BCUT2D eigenvalue weighted by atomic mass is 10.2. The number of rotatable bonds is 5. The van der Waals surface area contributed by atoms with E-state index in [-0.39, 0.29) is 10.6 Å². The topological polar surface area (TPSA) is 83.7 Å². The molecule has 0 aliphatic heterocycles. The highest BCUT2D eigenvalue weighted by atomic mass is 32.2. The van der Waals surface area contributed by atoms with Gasteiger partial charge in [-0.3, -0.25) is 0 Å².